The van der Waals surface area contributed by atoms with Gasteiger partial charge < -0.3 is 19.9 Å². The molecule has 3 amide bonds. The SMILES string of the molecule is CCOC(=O)N1CCN(C(=O)CSC2=C(C#N)C(C)(C)[C@H](C#N)C(=O)N2)CC1. The van der Waals surface area contributed by atoms with Crippen LogP contribution in [0.25, 0.3) is 0 Å². The summed E-state index contributed by atoms with van der Waals surface area (Å²) in [4.78, 5) is 39.6. The normalized spacial score (nSPS) is 21.5. The average molecular weight is 405 g/mol. The molecule has 1 fully saturated rings. The molecule has 9 nitrogen and oxygen atoms in total. The summed E-state index contributed by atoms with van der Waals surface area (Å²) in [5, 5.41) is 21.6. The van der Waals surface area contributed by atoms with Crippen molar-refractivity contribution in [1.29, 1.82) is 10.5 Å². The Kier molecular flexibility index (Phi) is 6.92. The Hall–Kier alpha value is -2.72. The van der Waals surface area contributed by atoms with Crippen LogP contribution in [0.3, 0.4) is 0 Å². The van der Waals surface area contributed by atoms with Crippen molar-refractivity contribution in [2.24, 2.45) is 11.3 Å². The molecule has 0 aliphatic carbocycles. The first-order valence-electron chi connectivity index (χ1n) is 8.93. The molecule has 1 atom stereocenters. The minimum atomic E-state index is -0.960. The third kappa shape index (κ3) is 4.39. The highest BCUT2D eigenvalue weighted by Crippen LogP contribution is 2.41. The molecular weight excluding hydrogens is 382 g/mol. The molecule has 1 N–H and O–H groups in total. The first kappa shape index (κ1) is 21.6. The zero-order valence-corrected chi connectivity index (χ0v) is 17.0. The fourth-order valence-corrected chi connectivity index (χ4v) is 4.19. The van der Waals surface area contributed by atoms with Gasteiger partial charge in [0.1, 0.15) is 5.92 Å². The number of hydrogen-bond acceptors (Lipinski definition) is 7. The van der Waals surface area contributed by atoms with Gasteiger partial charge in [-0.3, -0.25) is 9.59 Å². The van der Waals surface area contributed by atoms with Gasteiger partial charge in [0.2, 0.25) is 11.8 Å². The molecular formula is C18H23N5O4S. The number of thioether (sulfide) groups is 1. The molecule has 28 heavy (non-hydrogen) atoms. The first-order valence-corrected chi connectivity index (χ1v) is 9.92. The van der Waals surface area contributed by atoms with Gasteiger partial charge in [0.25, 0.3) is 0 Å². The van der Waals surface area contributed by atoms with E-state index in [-0.39, 0.29) is 17.8 Å². The van der Waals surface area contributed by atoms with Crippen molar-refractivity contribution in [2.45, 2.75) is 20.8 Å². The Labute approximate surface area is 168 Å². The largest absolute Gasteiger partial charge is 0.450 e. The number of nitrogens with one attached hydrogen (secondary N) is 1. The summed E-state index contributed by atoms with van der Waals surface area (Å²) in [5.74, 6) is -1.52. The minimum absolute atomic E-state index is 0.0491. The molecule has 0 bridgehead atoms. The van der Waals surface area contributed by atoms with Crippen molar-refractivity contribution in [3.05, 3.63) is 10.6 Å². The van der Waals surface area contributed by atoms with Crippen molar-refractivity contribution in [1.82, 2.24) is 15.1 Å². The van der Waals surface area contributed by atoms with E-state index in [1.54, 1.807) is 30.6 Å². The van der Waals surface area contributed by atoms with E-state index in [4.69, 9.17) is 4.74 Å². The van der Waals surface area contributed by atoms with Crippen LogP contribution in [0.15, 0.2) is 10.6 Å². The van der Waals surface area contributed by atoms with Crippen LogP contribution in [0.4, 0.5) is 4.79 Å². The van der Waals surface area contributed by atoms with E-state index in [1.165, 1.54) is 0 Å². The molecule has 10 heteroatoms. The monoisotopic (exact) mass is 405 g/mol. The van der Waals surface area contributed by atoms with Crippen LogP contribution in [0.5, 0.6) is 0 Å². The summed E-state index contributed by atoms with van der Waals surface area (Å²) < 4.78 is 4.96. The highest BCUT2D eigenvalue weighted by Gasteiger charge is 2.44. The molecule has 2 heterocycles. The summed E-state index contributed by atoms with van der Waals surface area (Å²) in [6.45, 7) is 6.99. The number of nitriles is 2. The van der Waals surface area contributed by atoms with E-state index >= 15 is 0 Å². The van der Waals surface area contributed by atoms with Gasteiger partial charge >= 0.3 is 6.09 Å². The van der Waals surface area contributed by atoms with E-state index in [0.717, 1.165) is 11.8 Å². The molecule has 0 spiro atoms. The Morgan fingerprint density at radius 2 is 1.86 bits per heavy atom. The molecule has 0 saturated carbocycles. The maximum atomic E-state index is 12.5. The Balaban J connectivity index is 1.98. The van der Waals surface area contributed by atoms with Crippen LogP contribution < -0.4 is 5.32 Å². The van der Waals surface area contributed by atoms with E-state index in [1.807, 2.05) is 6.07 Å². The third-order valence-corrected chi connectivity index (χ3v) is 5.82. The van der Waals surface area contributed by atoms with E-state index < -0.39 is 17.2 Å². The van der Waals surface area contributed by atoms with Crippen LogP contribution in [0, 0.1) is 34.0 Å². The molecule has 0 aromatic rings. The number of hydrogen-bond donors (Lipinski definition) is 1. The van der Waals surface area contributed by atoms with E-state index in [9.17, 15) is 24.9 Å². The maximum Gasteiger partial charge on any atom is 0.409 e. The molecule has 2 aliphatic rings. The van der Waals surface area contributed by atoms with Gasteiger partial charge in [0.05, 0.1) is 35.1 Å². The summed E-state index contributed by atoms with van der Waals surface area (Å²) >= 11 is 1.08. The van der Waals surface area contributed by atoms with Crippen molar-refractivity contribution < 1.29 is 19.1 Å². The zero-order chi connectivity index (χ0) is 20.9. The fourth-order valence-electron chi connectivity index (χ4n) is 3.11. The van der Waals surface area contributed by atoms with Crippen LogP contribution in [0.2, 0.25) is 0 Å². The molecule has 0 unspecified atom stereocenters. The van der Waals surface area contributed by atoms with Crippen molar-refractivity contribution in [3.63, 3.8) is 0 Å². The molecule has 0 radical (unpaired) electrons. The lowest BCUT2D eigenvalue weighted by molar-refractivity contribution is -0.130. The molecule has 2 aliphatic heterocycles. The second-order valence-corrected chi connectivity index (χ2v) is 7.93. The summed E-state index contributed by atoms with van der Waals surface area (Å²) in [7, 11) is 0. The van der Waals surface area contributed by atoms with Crippen LogP contribution in [-0.2, 0) is 14.3 Å². The Morgan fingerprint density at radius 3 is 2.39 bits per heavy atom. The van der Waals surface area contributed by atoms with Gasteiger partial charge in [-0.05, 0) is 6.92 Å². The number of carbonyl (C=O) groups excluding carboxylic acids is 3. The van der Waals surface area contributed by atoms with Gasteiger partial charge in [0.15, 0.2) is 0 Å². The number of allylic oxidation sites excluding steroid dienone is 1. The number of nitrogens with zero attached hydrogens (tertiary/aromatic N) is 4. The second-order valence-electron chi connectivity index (χ2n) is 6.94. The number of amides is 3. The van der Waals surface area contributed by atoms with Gasteiger partial charge in [-0.2, -0.15) is 10.5 Å². The van der Waals surface area contributed by atoms with Gasteiger partial charge in [-0.25, -0.2) is 4.79 Å². The average Bonchev–Trinajstić information content (AvgIpc) is 2.66. The van der Waals surface area contributed by atoms with Gasteiger partial charge in [0, 0.05) is 31.6 Å². The lowest BCUT2D eigenvalue weighted by atomic mass is 9.72. The smallest absolute Gasteiger partial charge is 0.409 e. The number of ether oxygens (including phenoxy) is 1. The molecule has 1 saturated heterocycles. The lowest BCUT2D eigenvalue weighted by Gasteiger charge is -2.35. The highest BCUT2D eigenvalue weighted by molar-refractivity contribution is 8.03. The first-order chi connectivity index (χ1) is 13.3. The van der Waals surface area contributed by atoms with E-state index in [2.05, 4.69) is 11.4 Å². The van der Waals surface area contributed by atoms with Crippen LogP contribution >= 0.6 is 11.8 Å². The molecule has 0 aromatic heterocycles. The summed E-state index contributed by atoms with van der Waals surface area (Å²) in [5.41, 5.74) is -0.633. The van der Waals surface area contributed by atoms with Crippen molar-refractivity contribution in [2.75, 3.05) is 38.5 Å². The number of rotatable bonds is 4. The Bertz CT molecular complexity index is 772. The van der Waals surface area contributed by atoms with Crippen LogP contribution in [0.1, 0.15) is 20.8 Å². The third-order valence-electron chi connectivity index (χ3n) is 4.83. The van der Waals surface area contributed by atoms with Crippen molar-refractivity contribution >= 4 is 29.7 Å². The molecule has 0 aromatic carbocycles. The van der Waals surface area contributed by atoms with Crippen LogP contribution in [-0.4, -0.2) is 66.2 Å². The summed E-state index contributed by atoms with van der Waals surface area (Å²) in [6, 6.07) is 4.02. The topological polar surface area (TPSA) is 127 Å². The van der Waals surface area contributed by atoms with Crippen molar-refractivity contribution in [3.8, 4) is 12.1 Å². The second kappa shape index (κ2) is 8.98. The van der Waals surface area contributed by atoms with E-state index in [0.29, 0.717) is 43.4 Å². The predicted octanol–water partition coefficient (Wildman–Crippen LogP) is 1.05. The van der Waals surface area contributed by atoms with Gasteiger partial charge in [-0.15, -0.1) is 0 Å². The Morgan fingerprint density at radius 1 is 1.25 bits per heavy atom. The number of carbonyl (C=O) groups is 3. The molecule has 2 rings (SSSR count). The number of piperazine rings is 1. The zero-order valence-electron chi connectivity index (χ0n) is 16.2. The lowest BCUT2D eigenvalue weighted by Crippen LogP contribution is -2.51. The predicted molar refractivity (Wildman–Crippen MR) is 101 cm³/mol. The minimum Gasteiger partial charge on any atom is -0.450 e. The molecule has 150 valence electrons. The summed E-state index contributed by atoms with van der Waals surface area (Å²) in [6.07, 6.45) is -0.382. The quantitative estimate of drug-likeness (QED) is 0.741. The standard InChI is InChI=1S/C18H23N5O4S/c1-4-27-17(26)23-7-5-22(6-8-23)14(24)11-28-16-13(10-20)18(2,3)12(9-19)15(25)21-16/h12H,4-8,11H2,1-3H3,(H,21,25)/t12-/m1/s1. The fraction of sp³-hybridized carbons (Fsp3) is 0.611. The maximum absolute atomic E-state index is 12.5. The highest BCUT2D eigenvalue weighted by atomic mass is 32.2. The van der Waals surface area contributed by atoms with Gasteiger partial charge in [-0.1, -0.05) is 25.6 Å².